The molecule has 0 radical (unpaired) electrons. The highest BCUT2D eigenvalue weighted by Crippen LogP contribution is 1.88. The van der Waals surface area contributed by atoms with Crippen LogP contribution in [-0.4, -0.2) is 9.55 Å². The number of aromatic nitrogens is 2. The highest BCUT2D eigenvalue weighted by molar-refractivity contribution is 5.00. The number of nitrogens with zero attached hydrogens (tertiary/aromatic N) is 1. The fourth-order valence-corrected chi connectivity index (χ4v) is 1.13. The molecule has 1 aromatic rings. The maximum atomic E-state index is 11.4. The first-order chi connectivity index (χ1) is 6.16. The first kappa shape index (κ1) is 9.77. The summed E-state index contributed by atoms with van der Waals surface area (Å²) in [6, 6.07) is 0. The van der Waals surface area contributed by atoms with Gasteiger partial charge in [-0.15, -0.1) is 0 Å². The first-order valence-electron chi connectivity index (χ1n) is 4.46. The molecule has 1 rings (SSSR count). The summed E-state index contributed by atoms with van der Waals surface area (Å²) in [7, 11) is 0. The van der Waals surface area contributed by atoms with Crippen LogP contribution in [0.1, 0.15) is 25.3 Å². The Morgan fingerprint density at radius 1 is 1.46 bits per heavy atom. The average Bonchev–Trinajstić information content (AvgIpc) is 2.12. The second-order valence-electron chi connectivity index (χ2n) is 3.09. The van der Waals surface area contributed by atoms with E-state index in [1.807, 2.05) is 6.92 Å². The second kappa shape index (κ2) is 4.07. The normalized spacial score (nSPS) is 10.3. The summed E-state index contributed by atoms with van der Waals surface area (Å²) in [5.74, 6) is 0. The Bertz CT molecular complexity index is 389. The predicted molar refractivity (Wildman–Crippen MR) is 51.0 cm³/mol. The van der Waals surface area contributed by atoms with Crippen molar-refractivity contribution in [1.82, 2.24) is 9.55 Å². The number of hydrogen-bond acceptors (Lipinski definition) is 2. The number of hydrogen-bond donors (Lipinski definition) is 1. The van der Waals surface area contributed by atoms with Crippen LogP contribution in [0.3, 0.4) is 0 Å². The Morgan fingerprint density at radius 3 is 2.77 bits per heavy atom. The van der Waals surface area contributed by atoms with E-state index >= 15 is 0 Å². The highest BCUT2D eigenvalue weighted by Gasteiger charge is 2.01. The molecule has 1 heterocycles. The van der Waals surface area contributed by atoms with Gasteiger partial charge in [-0.2, -0.15) is 0 Å². The van der Waals surface area contributed by atoms with E-state index in [0.717, 1.165) is 12.8 Å². The SMILES string of the molecule is CCCCn1c(=O)[nH]cc(C)c1=O. The molecule has 4 nitrogen and oxygen atoms in total. The smallest absolute Gasteiger partial charge is 0.314 e. The van der Waals surface area contributed by atoms with Gasteiger partial charge in [-0.3, -0.25) is 9.36 Å². The summed E-state index contributed by atoms with van der Waals surface area (Å²) >= 11 is 0. The zero-order chi connectivity index (χ0) is 9.84. The van der Waals surface area contributed by atoms with Crippen LogP contribution >= 0.6 is 0 Å². The van der Waals surface area contributed by atoms with E-state index in [9.17, 15) is 9.59 Å². The molecule has 13 heavy (non-hydrogen) atoms. The molecule has 1 N–H and O–H groups in total. The number of unbranched alkanes of at least 4 members (excludes halogenated alkanes) is 1. The van der Waals surface area contributed by atoms with Gasteiger partial charge in [-0.1, -0.05) is 13.3 Å². The summed E-state index contributed by atoms with van der Waals surface area (Å²) in [6.45, 7) is 4.22. The molecule has 0 amide bonds. The van der Waals surface area contributed by atoms with Crippen LogP contribution in [0.5, 0.6) is 0 Å². The van der Waals surface area contributed by atoms with Crippen LogP contribution in [0.2, 0.25) is 0 Å². The van der Waals surface area contributed by atoms with Crippen LogP contribution in [-0.2, 0) is 6.54 Å². The van der Waals surface area contributed by atoms with E-state index in [4.69, 9.17) is 0 Å². The molecule has 72 valence electrons. The minimum atomic E-state index is -0.316. The van der Waals surface area contributed by atoms with Gasteiger partial charge in [-0.25, -0.2) is 4.79 Å². The van der Waals surface area contributed by atoms with Gasteiger partial charge < -0.3 is 4.98 Å². The molecule has 0 aliphatic carbocycles. The number of H-pyrrole nitrogens is 1. The lowest BCUT2D eigenvalue weighted by Gasteiger charge is -2.02. The van der Waals surface area contributed by atoms with E-state index in [2.05, 4.69) is 4.98 Å². The standard InChI is InChI=1S/C9H14N2O2/c1-3-4-5-11-8(12)7(2)6-10-9(11)13/h6H,3-5H2,1-2H3,(H,10,13). The molecule has 1 aromatic heterocycles. The molecule has 0 fully saturated rings. The zero-order valence-corrected chi connectivity index (χ0v) is 7.96. The highest BCUT2D eigenvalue weighted by atomic mass is 16.2. The fourth-order valence-electron chi connectivity index (χ4n) is 1.13. The summed E-state index contributed by atoms with van der Waals surface area (Å²) < 4.78 is 1.25. The third-order valence-electron chi connectivity index (χ3n) is 1.98. The van der Waals surface area contributed by atoms with E-state index in [1.165, 1.54) is 10.8 Å². The Kier molecular flexibility index (Phi) is 3.06. The molecule has 0 saturated heterocycles. The van der Waals surface area contributed by atoms with Gasteiger partial charge >= 0.3 is 5.69 Å². The Labute approximate surface area is 76.2 Å². The van der Waals surface area contributed by atoms with Crippen molar-refractivity contribution < 1.29 is 0 Å². The summed E-state index contributed by atoms with van der Waals surface area (Å²) in [4.78, 5) is 25.2. The van der Waals surface area contributed by atoms with E-state index < -0.39 is 0 Å². The van der Waals surface area contributed by atoms with Gasteiger partial charge in [-0.05, 0) is 13.3 Å². The van der Waals surface area contributed by atoms with Crippen molar-refractivity contribution in [3.05, 3.63) is 32.6 Å². The van der Waals surface area contributed by atoms with Gasteiger partial charge in [0.1, 0.15) is 0 Å². The Balaban J connectivity index is 3.11. The molecule has 0 aliphatic heterocycles. The van der Waals surface area contributed by atoms with E-state index in [-0.39, 0.29) is 11.2 Å². The van der Waals surface area contributed by atoms with E-state index in [1.54, 1.807) is 6.92 Å². The lowest BCUT2D eigenvalue weighted by molar-refractivity contribution is 0.579. The Hall–Kier alpha value is -1.32. The second-order valence-corrected chi connectivity index (χ2v) is 3.09. The maximum Gasteiger partial charge on any atom is 0.328 e. The van der Waals surface area contributed by atoms with Crippen molar-refractivity contribution in [1.29, 1.82) is 0 Å². The minimum Gasteiger partial charge on any atom is -0.314 e. The largest absolute Gasteiger partial charge is 0.328 e. The van der Waals surface area contributed by atoms with Crippen LogP contribution in [0.4, 0.5) is 0 Å². The van der Waals surface area contributed by atoms with Crippen molar-refractivity contribution >= 4 is 0 Å². The monoisotopic (exact) mass is 182 g/mol. The third kappa shape index (κ3) is 2.08. The maximum absolute atomic E-state index is 11.4. The van der Waals surface area contributed by atoms with Crippen LogP contribution in [0.15, 0.2) is 15.8 Å². The van der Waals surface area contributed by atoms with Crippen LogP contribution in [0, 0.1) is 6.92 Å². The first-order valence-corrected chi connectivity index (χ1v) is 4.46. The summed E-state index contributed by atoms with van der Waals surface area (Å²) in [5, 5.41) is 0. The quantitative estimate of drug-likeness (QED) is 0.746. The molecule has 0 aliphatic rings. The van der Waals surface area contributed by atoms with Crippen molar-refractivity contribution in [2.45, 2.75) is 33.2 Å². The number of nitrogens with one attached hydrogen (secondary N) is 1. The molecular formula is C9H14N2O2. The van der Waals surface area contributed by atoms with Crippen LogP contribution < -0.4 is 11.2 Å². The molecule has 0 bridgehead atoms. The fraction of sp³-hybridized carbons (Fsp3) is 0.556. The average molecular weight is 182 g/mol. The molecular weight excluding hydrogens is 168 g/mol. The van der Waals surface area contributed by atoms with Crippen molar-refractivity contribution in [2.24, 2.45) is 0 Å². The number of rotatable bonds is 3. The van der Waals surface area contributed by atoms with E-state index in [0.29, 0.717) is 12.1 Å². The molecule has 0 spiro atoms. The van der Waals surface area contributed by atoms with Crippen molar-refractivity contribution in [3.63, 3.8) is 0 Å². The van der Waals surface area contributed by atoms with Gasteiger partial charge in [0.25, 0.3) is 5.56 Å². The summed E-state index contributed by atoms with van der Waals surface area (Å²) in [6.07, 6.45) is 3.28. The lowest BCUT2D eigenvalue weighted by atomic mass is 10.3. The van der Waals surface area contributed by atoms with Gasteiger partial charge in [0, 0.05) is 18.3 Å². The molecule has 0 aromatic carbocycles. The van der Waals surface area contributed by atoms with Crippen molar-refractivity contribution in [2.75, 3.05) is 0 Å². The summed E-state index contributed by atoms with van der Waals surface area (Å²) in [5.41, 5.74) is 0.0805. The lowest BCUT2D eigenvalue weighted by Crippen LogP contribution is -2.35. The van der Waals surface area contributed by atoms with Gasteiger partial charge in [0.2, 0.25) is 0 Å². The number of aryl methyl sites for hydroxylation is 1. The molecule has 4 heteroatoms. The topological polar surface area (TPSA) is 54.9 Å². The molecule has 0 saturated carbocycles. The molecule has 0 unspecified atom stereocenters. The third-order valence-corrected chi connectivity index (χ3v) is 1.98. The zero-order valence-electron chi connectivity index (χ0n) is 7.96. The van der Waals surface area contributed by atoms with Crippen molar-refractivity contribution in [3.8, 4) is 0 Å². The van der Waals surface area contributed by atoms with Crippen LogP contribution in [0.25, 0.3) is 0 Å². The Morgan fingerprint density at radius 2 is 2.15 bits per heavy atom. The predicted octanol–water partition coefficient (Wildman–Crippen LogP) is 0.645. The number of aromatic amines is 1. The minimum absolute atomic E-state index is 0.183. The van der Waals surface area contributed by atoms with Gasteiger partial charge in [0.15, 0.2) is 0 Å². The molecule has 0 atom stereocenters. The van der Waals surface area contributed by atoms with Gasteiger partial charge in [0.05, 0.1) is 0 Å².